The molecule has 0 saturated carbocycles. The molecule has 2 rings (SSSR count). The van der Waals surface area contributed by atoms with Crippen LogP contribution in [-0.4, -0.2) is 23.9 Å². The van der Waals surface area contributed by atoms with E-state index in [4.69, 9.17) is 11.6 Å². The standard InChI is InChI=1S/C10H6ClF3N2O2/c11-5-1-3-6(4-2-5)16-9(18)7(17)8(15-16)10(12,13)14/h1-4,8,15H. The number of hydrogen-bond donors (Lipinski definition) is 1. The van der Waals surface area contributed by atoms with Gasteiger partial charge in [-0.25, -0.2) is 10.4 Å². The highest BCUT2D eigenvalue weighted by atomic mass is 35.5. The van der Waals surface area contributed by atoms with Gasteiger partial charge in [0, 0.05) is 5.02 Å². The maximum absolute atomic E-state index is 12.5. The van der Waals surface area contributed by atoms with Gasteiger partial charge in [-0.3, -0.25) is 9.59 Å². The number of carbonyl (C=O) groups is 2. The maximum Gasteiger partial charge on any atom is 0.413 e. The third kappa shape index (κ3) is 2.19. The molecule has 4 nitrogen and oxygen atoms in total. The van der Waals surface area contributed by atoms with Crippen LogP contribution in [0.3, 0.4) is 0 Å². The van der Waals surface area contributed by atoms with Gasteiger partial charge in [0.15, 0.2) is 6.04 Å². The summed E-state index contributed by atoms with van der Waals surface area (Å²) in [5, 5.41) is 0.931. The van der Waals surface area contributed by atoms with E-state index in [1.165, 1.54) is 24.3 Å². The second kappa shape index (κ2) is 4.25. The fraction of sp³-hybridized carbons (Fsp3) is 0.200. The van der Waals surface area contributed by atoms with Crippen LogP contribution in [0.4, 0.5) is 18.9 Å². The van der Waals surface area contributed by atoms with E-state index in [1.807, 2.05) is 5.43 Å². The molecule has 1 N–H and O–H groups in total. The van der Waals surface area contributed by atoms with Gasteiger partial charge in [-0.15, -0.1) is 0 Å². The minimum absolute atomic E-state index is 0.115. The van der Waals surface area contributed by atoms with Gasteiger partial charge in [-0.1, -0.05) is 11.6 Å². The van der Waals surface area contributed by atoms with Crippen LogP contribution in [0.15, 0.2) is 24.3 Å². The van der Waals surface area contributed by atoms with Crippen LogP contribution < -0.4 is 10.4 Å². The summed E-state index contributed by atoms with van der Waals surface area (Å²) in [7, 11) is 0. The number of halogens is 4. The first kappa shape index (κ1) is 12.8. The number of amides is 1. The lowest BCUT2D eigenvalue weighted by atomic mass is 10.2. The van der Waals surface area contributed by atoms with Gasteiger partial charge in [-0.2, -0.15) is 13.2 Å². The molecule has 0 radical (unpaired) electrons. The minimum atomic E-state index is -4.81. The lowest BCUT2D eigenvalue weighted by Crippen LogP contribution is -2.45. The highest BCUT2D eigenvalue weighted by Gasteiger charge is 2.54. The number of hydrogen-bond acceptors (Lipinski definition) is 3. The molecule has 1 unspecified atom stereocenters. The molecule has 1 saturated heterocycles. The Balaban J connectivity index is 2.29. The Hall–Kier alpha value is -1.60. The van der Waals surface area contributed by atoms with Crippen molar-refractivity contribution in [3.63, 3.8) is 0 Å². The molecule has 1 aliphatic heterocycles. The molecule has 1 fully saturated rings. The predicted octanol–water partition coefficient (Wildman–Crippen LogP) is 1.69. The molecular formula is C10H6ClF3N2O2. The quantitative estimate of drug-likeness (QED) is 0.796. The number of hydrazine groups is 1. The monoisotopic (exact) mass is 278 g/mol. The number of ketones is 1. The molecular weight excluding hydrogens is 273 g/mol. The van der Waals surface area contributed by atoms with Crippen molar-refractivity contribution in [3.8, 4) is 0 Å². The summed E-state index contributed by atoms with van der Waals surface area (Å²) >= 11 is 5.61. The van der Waals surface area contributed by atoms with E-state index in [-0.39, 0.29) is 5.69 Å². The van der Waals surface area contributed by atoms with E-state index < -0.39 is 23.9 Å². The number of anilines is 1. The zero-order valence-electron chi connectivity index (χ0n) is 8.66. The van der Waals surface area contributed by atoms with Crippen molar-refractivity contribution < 1.29 is 22.8 Å². The molecule has 0 spiro atoms. The van der Waals surface area contributed by atoms with Crippen LogP contribution >= 0.6 is 11.6 Å². The average Bonchev–Trinajstić information content (AvgIpc) is 2.57. The van der Waals surface area contributed by atoms with Crippen molar-refractivity contribution in [2.24, 2.45) is 0 Å². The van der Waals surface area contributed by atoms with Crippen molar-refractivity contribution >= 4 is 29.0 Å². The molecule has 0 aromatic heterocycles. The molecule has 18 heavy (non-hydrogen) atoms. The van der Waals surface area contributed by atoms with Gasteiger partial charge in [0.25, 0.3) is 0 Å². The first-order chi connectivity index (χ1) is 8.30. The molecule has 1 aromatic rings. The summed E-state index contributed by atoms with van der Waals surface area (Å²) in [6.45, 7) is 0. The molecule has 1 aliphatic rings. The fourth-order valence-corrected chi connectivity index (χ4v) is 1.61. The normalized spacial score (nSPS) is 20.7. The van der Waals surface area contributed by atoms with Crippen LogP contribution in [0.5, 0.6) is 0 Å². The Kier molecular flexibility index (Phi) is 3.04. The number of alkyl halides is 3. The molecule has 1 amide bonds. The summed E-state index contributed by atoms with van der Waals surface area (Å²) in [5.41, 5.74) is 1.95. The minimum Gasteiger partial charge on any atom is -0.286 e. The van der Waals surface area contributed by atoms with Crippen LogP contribution in [0, 0.1) is 0 Å². The SMILES string of the molecule is O=C1C(=O)N(c2ccc(Cl)cc2)NC1C(F)(F)F. The zero-order valence-corrected chi connectivity index (χ0v) is 9.42. The molecule has 8 heteroatoms. The van der Waals surface area contributed by atoms with E-state index >= 15 is 0 Å². The smallest absolute Gasteiger partial charge is 0.286 e. The first-order valence-electron chi connectivity index (χ1n) is 4.77. The number of benzene rings is 1. The summed E-state index contributed by atoms with van der Waals surface area (Å²) < 4.78 is 37.4. The highest BCUT2D eigenvalue weighted by Crippen LogP contribution is 2.27. The van der Waals surface area contributed by atoms with E-state index in [1.54, 1.807) is 0 Å². The Morgan fingerprint density at radius 1 is 1.17 bits per heavy atom. The molecule has 1 aromatic carbocycles. The predicted molar refractivity (Wildman–Crippen MR) is 56.9 cm³/mol. The summed E-state index contributed by atoms with van der Waals surface area (Å²) in [6.07, 6.45) is -4.81. The highest BCUT2D eigenvalue weighted by molar-refractivity contribution is 6.45. The van der Waals surface area contributed by atoms with Gasteiger partial charge in [0.05, 0.1) is 5.69 Å². The number of nitrogens with one attached hydrogen (secondary N) is 1. The lowest BCUT2D eigenvalue weighted by Gasteiger charge is -2.18. The van der Waals surface area contributed by atoms with Crippen molar-refractivity contribution in [1.29, 1.82) is 0 Å². The maximum atomic E-state index is 12.5. The second-order valence-corrected chi connectivity index (χ2v) is 4.02. The van der Waals surface area contributed by atoms with Gasteiger partial charge < -0.3 is 0 Å². The Morgan fingerprint density at radius 3 is 2.17 bits per heavy atom. The third-order valence-electron chi connectivity index (χ3n) is 2.35. The summed E-state index contributed by atoms with van der Waals surface area (Å²) in [4.78, 5) is 22.6. The largest absolute Gasteiger partial charge is 0.413 e. The van der Waals surface area contributed by atoms with E-state index in [0.717, 1.165) is 0 Å². The van der Waals surface area contributed by atoms with Gasteiger partial charge in [0.2, 0.25) is 5.78 Å². The second-order valence-electron chi connectivity index (χ2n) is 3.58. The van der Waals surface area contributed by atoms with Crippen LogP contribution in [-0.2, 0) is 9.59 Å². The van der Waals surface area contributed by atoms with Crippen molar-refractivity contribution in [2.75, 3.05) is 5.01 Å². The van der Waals surface area contributed by atoms with E-state index in [9.17, 15) is 22.8 Å². The average molecular weight is 279 g/mol. The van der Waals surface area contributed by atoms with E-state index in [0.29, 0.717) is 10.0 Å². The Morgan fingerprint density at radius 2 is 1.72 bits per heavy atom. The number of nitrogens with zero attached hydrogens (tertiary/aromatic N) is 1. The fourth-order valence-electron chi connectivity index (χ4n) is 1.48. The van der Waals surface area contributed by atoms with Gasteiger partial charge in [0.1, 0.15) is 0 Å². The number of rotatable bonds is 1. The van der Waals surface area contributed by atoms with Gasteiger partial charge in [-0.05, 0) is 24.3 Å². The van der Waals surface area contributed by atoms with Crippen molar-refractivity contribution in [2.45, 2.75) is 12.2 Å². The summed E-state index contributed by atoms with van der Waals surface area (Å²) in [5.74, 6) is -2.78. The molecule has 0 aliphatic carbocycles. The van der Waals surface area contributed by atoms with Crippen LogP contribution in [0.2, 0.25) is 5.02 Å². The molecule has 1 atom stereocenters. The molecule has 1 heterocycles. The van der Waals surface area contributed by atoms with Crippen molar-refractivity contribution in [3.05, 3.63) is 29.3 Å². The number of Topliss-reactive ketones (excluding diaryl/α,β-unsaturated/α-hetero) is 1. The number of carbonyl (C=O) groups excluding carboxylic acids is 2. The lowest BCUT2D eigenvalue weighted by molar-refractivity contribution is -0.163. The van der Waals surface area contributed by atoms with Crippen molar-refractivity contribution in [1.82, 2.24) is 5.43 Å². The van der Waals surface area contributed by atoms with E-state index in [2.05, 4.69) is 0 Å². The van der Waals surface area contributed by atoms with Gasteiger partial charge >= 0.3 is 12.1 Å². The third-order valence-corrected chi connectivity index (χ3v) is 2.60. The first-order valence-corrected chi connectivity index (χ1v) is 5.15. The molecule has 96 valence electrons. The Labute approximate surface area is 104 Å². The topological polar surface area (TPSA) is 49.4 Å². The van der Waals surface area contributed by atoms with Crippen LogP contribution in [0.1, 0.15) is 0 Å². The zero-order chi connectivity index (χ0) is 13.5. The molecule has 0 bridgehead atoms. The van der Waals surface area contributed by atoms with Crippen LogP contribution in [0.25, 0.3) is 0 Å². The Bertz CT molecular complexity index is 501. The summed E-state index contributed by atoms with van der Waals surface area (Å²) in [6, 6.07) is 2.97.